The predicted octanol–water partition coefficient (Wildman–Crippen LogP) is 1.46. The van der Waals surface area contributed by atoms with Crippen LogP contribution in [-0.4, -0.2) is 65.9 Å². The molecule has 0 amide bonds. The van der Waals surface area contributed by atoms with Gasteiger partial charge in [-0.2, -0.15) is 0 Å². The summed E-state index contributed by atoms with van der Waals surface area (Å²) in [6, 6.07) is 0.588. The lowest BCUT2D eigenvalue weighted by Gasteiger charge is -2.32. The van der Waals surface area contributed by atoms with Gasteiger partial charge in [-0.05, 0) is 31.7 Å². The maximum Gasteiger partial charge on any atom is 0.0701 e. The third kappa shape index (κ3) is 8.17. The Balaban J connectivity index is 2.00. The van der Waals surface area contributed by atoms with Gasteiger partial charge in [0.05, 0.1) is 33.0 Å². The molecule has 20 heavy (non-hydrogen) atoms. The second-order valence-corrected chi connectivity index (χ2v) is 5.19. The van der Waals surface area contributed by atoms with Gasteiger partial charge in [-0.3, -0.25) is 0 Å². The summed E-state index contributed by atoms with van der Waals surface area (Å²) in [4.78, 5) is 0. The van der Waals surface area contributed by atoms with Gasteiger partial charge in [-0.25, -0.2) is 0 Å². The summed E-state index contributed by atoms with van der Waals surface area (Å²) < 4.78 is 21.5. The third-order valence-electron chi connectivity index (χ3n) is 3.57. The standard InChI is InChI=1S/C15H31NO4/c1-3-6-16-15-5-8-20-13-14(15)4-7-18-11-12-19-10-9-17-2/h14-16H,3-13H2,1-2H3. The topological polar surface area (TPSA) is 49.0 Å². The summed E-state index contributed by atoms with van der Waals surface area (Å²) in [7, 11) is 1.68. The maximum absolute atomic E-state index is 5.62. The molecule has 5 heteroatoms. The molecule has 1 saturated heterocycles. The molecule has 1 aliphatic rings. The minimum absolute atomic E-state index is 0.574. The molecule has 1 rings (SSSR count). The zero-order chi connectivity index (χ0) is 14.5. The Bertz CT molecular complexity index is 216. The van der Waals surface area contributed by atoms with Crippen LogP contribution in [0.5, 0.6) is 0 Å². The molecule has 2 atom stereocenters. The third-order valence-corrected chi connectivity index (χ3v) is 3.57. The largest absolute Gasteiger partial charge is 0.382 e. The quantitative estimate of drug-likeness (QED) is 0.551. The van der Waals surface area contributed by atoms with Crippen LogP contribution in [0.1, 0.15) is 26.2 Å². The van der Waals surface area contributed by atoms with Crippen LogP contribution in [0.2, 0.25) is 0 Å². The average molecular weight is 289 g/mol. The van der Waals surface area contributed by atoms with E-state index in [-0.39, 0.29) is 0 Å². The molecular weight excluding hydrogens is 258 g/mol. The zero-order valence-corrected chi connectivity index (χ0v) is 13.1. The van der Waals surface area contributed by atoms with Crippen LogP contribution in [0.4, 0.5) is 0 Å². The minimum atomic E-state index is 0.574. The normalized spacial score (nSPS) is 23.1. The van der Waals surface area contributed by atoms with Crippen molar-refractivity contribution in [2.75, 3.05) is 59.9 Å². The van der Waals surface area contributed by atoms with E-state index in [1.807, 2.05) is 0 Å². The zero-order valence-electron chi connectivity index (χ0n) is 13.1. The van der Waals surface area contributed by atoms with Crippen LogP contribution in [-0.2, 0) is 18.9 Å². The highest BCUT2D eigenvalue weighted by Crippen LogP contribution is 2.18. The lowest BCUT2D eigenvalue weighted by Crippen LogP contribution is -2.43. The van der Waals surface area contributed by atoms with Gasteiger partial charge in [-0.15, -0.1) is 0 Å². The number of ether oxygens (including phenoxy) is 4. The van der Waals surface area contributed by atoms with E-state index in [1.165, 1.54) is 6.42 Å². The second-order valence-electron chi connectivity index (χ2n) is 5.19. The molecule has 0 saturated carbocycles. The number of hydrogen-bond acceptors (Lipinski definition) is 5. The molecule has 0 aromatic carbocycles. The van der Waals surface area contributed by atoms with Crippen LogP contribution in [0.15, 0.2) is 0 Å². The first kappa shape index (κ1) is 17.9. The molecule has 1 N–H and O–H groups in total. The SMILES string of the molecule is CCCNC1CCOCC1CCOCCOCCOC. The summed E-state index contributed by atoms with van der Waals surface area (Å²) in [5.74, 6) is 0.574. The molecule has 5 nitrogen and oxygen atoms in total. The first-order chi connectivity index (χ1) is 9.88. The van der Waals surface area contributed by atoms with Gasteiger partial charge >= 0.3 is 0 Å². The lowest BCUT2D eigenvalue weighted by atomic mass is 9.93. The van der Waals surface area contributed by atoms with Crippen LogP contribution in [0.25, 0.3) is 0 Å². The Hall–Kier alpha value is -0.200. The van der Waals surface area contributed by atoms with Crippen molar-refractivity contribution in [1.29, 1.82) is 0 Å². The second kappa shape index (κ2) is 12.5. The summed E-state index contributed by atoms with van der Waals surface area (Å²) in [5, 5.41) is 3.62. The van der Waals surface area contributed by atoms with Crippen molar-refractivity contribution in [3.8, 4) is 0 Å². The van der Waals surface area contributed by atoms with Gasteiger partial charge in [0.2, 0.25) is 0 Å². The number of hydrogen-bond donors (Lipinski definition) is 1. The van der Waals surface area contributed by atoms with Crippen LogP contribution in [0.3, 0.4) is 0 Å². The molecule has 120 valence electrons. The van der Waals surface area contributed by atoms with Crippen LogP contribution < -0.4 is 5.32 Å². The van der Waals surface area contributed by atoms with E-state index in [2.05, 4.69) is 12.2 Å². The van der Waals surface area contributed by atoms with Crippen molar-refractivity contribution in [2.24, 2.45) is 5.92 Å². The predicted molar refractivity (Wildman–Crippen MR) is 79.1 cm³/mol. The van der Waals surface area contributed by atoms with E-state index < -0.39 is 0 Å². The molecule has 1 heterocycles. The number of nitrogens with one attached hydrogen (secondary N) is 1. The van der Waals surface area contributed by atoms with Crippen molar-refractivity contribution >= 4 is 0 Å². The van der Waals surface area contributed by atoms with Crippen LogP contribution in [0, 0.1) is 5.92 Å². The van der Waals surface area contributed by atoms with Crippen molar-refractivity contribution < 1.29 is 18.9 Å². The highest BCUT2D eigenvalue weighted by Gasteiger charge is 2.24. The smallest absolute Gasteiger partial charge is 0.0701 e. The van der Waals surface area contributed by atoms with E-state index in [0.29, 0.717) is 38.4 Å². The first-order valence-electron chi connectivity index (χ1n) is 7.84. The molecule has 0 aliphatic carbocycles. The molecule has 0 bridgehead atoms. The summed E-state index contributed by atoms with van der Waals surface area (Å²) >= 11 is 0. The van der Waals surface area contributed by atoms with Gasteiger partial charge in [0.15, 0.2) is 0 Å². The minimum Gasteiger partial charge on any atom is -0.382 e. The molecule has 1 fully saturated rings. The molecule has 2 unspecified atom stereocenters. The molecule has 1 aliphatic heterocycles. The van der Waals surface area contributed by atoms with Crippen molar-refractivity contribution in [3.63, 3.8) is 0 Å². The monoisotopic (exact) mass is 289 g/mol. The molecule has 0 aromatic heterocycles. The maximum atomic E-state index is 5.62. The molecule has 0 radical (unpaired) electrons. The Labute approximate surface area is 123 Å². The van der Waals surface area contributed by atoms with E-state index in [4.69, 9.17) is 18.9 Å². The Morgan fingerprint density at radius 2 is 1.85 bits per heavy atom. The first-order valence-corrected chi connectivity index (χ1v) is 7.84. The number of rotatable bonds is 12. The van der Waals surface area contributed by atoms with E-state index >= 15 is 0 Å². The van der Waals surface area contributed by atoms with Crippen molar-refractivity contribution in [1.82, 2.24) is 5.32 Å². The van der Waals surface area contributed by atoms with Crippen molar-refractivity contribution in [3.05, 3.63) is 0 Å². The Kier molecular flexibility index (Phi) is 11.2. The summed E-state index contributed by atoms with van der Waals surface area (Å²) in [6.45, 7) is 8.40. The molecule has 0 aromatic rings. The fraction of sp³-hybridized carbons (Fsp3) is 1.00. The van der Waals surface area contributed by atoms with Crippen LogP contribution >= 0.6 is 0 Å². The van der Waals surface area contributed by atoms with E-state index in [9.17, 15) is 0 Å². The highest BCUT2D eigenvalue weighted by molar-refractivity contribution is 4.79. The lowest BCUT2D eigenvalue weighted by molar-refractivity contribution is -0.00107. The van der Waals surface area contributed by atoms with Gasteiger partial charge in [0, 0.05) is 26.4 Å². The molecular formula is C15H31NO4. The van der Waals surface area contributed by atoms with Gasteiger partial charge in [0.1, 0.15) is 0 Å². The summed E-state index contributed by atoms with van der Waals surface area (Å²) in [5.41, 5.74) is 0. The highest BCUT2D eigenvalue weighted by atomic mass is 16.5. The number of methoxy groups -OCH3 is 1. The van der Waals surface area contributed by atoms with E-state index in [0.717, 1.165) is 39.2 Å². The van der Waals surface area contributed by atoms with Gasteiger partial charge < -0.3 is 24.3 Å². The Morgan fingerprint density at radius 1 is 1.10 bits per heavy atom. The molecule has 0 spiro atoms. The average Bonchev–Trinajstić information content (AvgIpc) is 2.49. The summed E-state index contributed by atoms with van der Waals surface area (Å²) in [6.07, 6.45) is 3.35. The van der Waals surface area contributed by atoms with E-state index in [1.54, 1.807) is 7.11 Å². The fourth-order valence-electron chi connectivity index (χ4n) is 2.38. The van der Waals surface area contributed by atoms with Gasteiger partial charge in [0.25, 0.3) is 0 Å². The Morgan fingerprint density at radius 3 is 2.60 bits per heavy atom. The van der Waals surface area contributed by atoms with Gasteiger partial charge in [-0.1, -0.05) is 6.92 Å². The van der Waals surface area contributed by atoms with Crippen molar-refractivity contribution in [2.45, 2.75) is 32.2 Å². The fourth-order valence-corrected chi connectivity index (χ4v) is 2.38.